The zero-order chi connectivity index (χ0) is 15.6. The summed E-state index contributed by atoms with van der Waals surface area (Å²) >= 11 is 1.30. The molecule has 3 heteroatoms. The van der Waals surface area contributed by atoms with Crippen molar-refractivity contribution in [1.29, 1.82) is 0 Å². The van der Waals surface area contributed by atoms with Crippen LogP contribution in [0.25, 0.3) is 21.5 Å². The van der Waals surface area contributed by atoms with Crippen molar-refractivity contribution in [3.8, 4) is 0 Å². The van der Waals surface area contributed by atoms with Crippen molar-refractivity contribution < 1.29 is 49.0 Å². The maximum Gasteiger partial charge on any atom is -0.0801 e. The first-order valence-corrected chi connectivity index (χ1v) is 8.73. The largest absolute Gasteiger partial charge is 1.00 e. The normalized spacial score (nSPS) is 8.58. The second-order valence-electron chi connectivity index (χ2n) is 4.51. The van der Waals surface area contributed by atoms with Gasteiger partial charge in [0.05, 0.1) is 0 Å². The van der Waals surface area contributed by atoms with Gasteiger partial charge in [-0.3, -0.25) is 0 Å². The monoisotopic (exact) mass is 428 g/mol. The quantitative estimate of drug-likeness (QED) is 0.322. The van der Waals surface area contributed by atoms with Crippen LogP contribution in [0.4, 0.5) is 0 Å². The SMILES string of the molecule is [CH2]=[Zr+2].[Cl-].[Cl-].[c-]1cccc2ccccc12.[c-]1cccc2ccccc12. The summed E-state index contributed by atoms with van der Waals surface area (Å²) in [7, 11) is 0. The molecule has 0 saturated carbocycles. The average molecular weight is 430 g/mol. The molecule has 0 aliphatic heterocycles. The van der Waals surface area contributed by atoms with Crippen molar-refractivity contribution >= 4 is 25.8 Å². The van der Waals surface area contributed by atoms with E-state index in [9.17, 15) is 0 Å². The molecule has 0 bridgehead atoms. The number of benzene rings is 4. The Bertz CT molecular complexity index is 644. The summed E-state index contributed by atoms with van der Waals surface area (Å²) in [5.41, 5.74) is 0. The topological polar surface area (TPSA) is 0 Å². The van der Waals surface area contributed by atoms with E-state index in [4.69, 9.17) is 0 Å². The van der Waals surface area contributed by atoms with Crippen LogP contribution in [0.5, 0.6) is 0 Å². The van der Waals surface area contributed by atoms with E-state index in [-0.39, 0.29) is 24.8 Å². The maximum absolute atomic E-state index is 3.34. The van der Waals surface area contributed by atoms with Crippen LogP contribution in [0.2, 0.25) is 0 Å². The van der Waals surface area contributed by atoms with E-state index in [0.717, 1.165) is 0 Å². The number of hydrogen-bond donors (Lipinski definition) is 0. The van der Waals surface area contributed by atoms with Crippen LogP contribution in [0.3, 0.4) is 0 Å². The van der Waals surface area contributed by atoms with Gasteiger partial charge in [-0.25, -0.2) is 0 Å². The van der Waals surface area contributed by atoms with Crippen LogP contribution in [0.15, 0.2) is 84.9 Å². The van der Waals surface area contributed by atoms with Gasteiger partial charge >= 0.3 is 28.4 Å². The van der Waals surface area contributed by atoms with Gasteiger partial charge in [0.2, 0.25) is 0 Å². The van der Waals surface area contributed by atoms with E-state index in [1.54, 1.807) is 0 Å². The molecule has 0 atom stereocenters. The van der Waals surface area contributed by atoms with E-state index in [1.165, 1.54) is 45.8 Å². The van der Waals surface area contributed by atoms with Crippen molar-refractivity contribution in [3.05, 3.63) is 97.1 Å². The molecule has 4 aromatic rings. The van der Waals surface area contributed by atoms with Crippen LogP contribution < -0.4 is 24.8 Å². The Labute approximate surface area is 171 Å². The summed E-state index contributed by atoms with van der Waals surface area (Å²) in [5, 5.41) is 4.88. The van der Waals surface area contributed by atoms with E-state index in [2.05, 4.69) is 52.7 Å². The molecule has 0 aliphatic rings. The molecule has 0 spiro atoms. The first-order valence-electron chi connectivity index (χ1n) is 7.00. The summed E-state index contributed by atoms with van der Waals surface area (Å²) in [6.45, 7) is 0. The summed E-state index contributed by atoms with van der Waals surface area (Å²) < 4.78 is 3.34. The predicted octanol–water partition coefficient (Wildman–Crippen LogP) is -0.747. The molecule has 0 fully saturated rings. The van der Waals surface area contributed by atoms with E-state index in [1.807, 2.05) is 48.5 Å². The minimum atomic E-state index is 0. The van der Waals surface area contributed by atoms with Crippen LogP contribution in [0, 0.1) is 12.1 Å². The van der Waals surface area contributed by atoms with Gasteiger partial charge in [0.15, 0.2) is 0 Å². The zero-order valence-corrected chi connectivity index (χ0v) is 17.0. The Kier molecular flexibility index (Phi) is 12.4. The summed E-state index contributed by atoms with van der Waals surface area (Å²) in [5.74, 6) is 0. The fourth-order valence-corrected chi connectivity index (χ4v) is 2.13. The predicted molar refractivity (Wildman–Crippen MR) is 92.7 cm³/mol. The van der Waals surface area contributed by atoms with Gasteiger partial charge in [-0.1, -0.05) is 24.3 Å². The molecule has 24 heavy (non-hydrogen) atoms. The average Bonchev–Trinajstić information content (AvgIpc) is 2.64. The van der Waals surface area contributed by atoms with E-state index < -0.39 is 0 Å². The fraction of sp³-hybridized carbons (Fsp3) is 0. The van der Waals surface area contributed by atoms with Gasteiger partial charge in [0.1, 0.15) is 0 Å². The van der Waals surface area contributed by atoms with Gasteiger partial charge in [0, 0.05) is 0 Å². The minimum Gasteiger partial charge on any atom is -1.00 e. The molecule has 0 amide bonds. The van der Waals surface area contributed by atoms with Crippen molar-refractivity contribution in [2.24, 2.45) is 0 Å². The van der Waals surface area contributed by atoms with Gasteiger partial charge in [0.25, 0.3) is 0 Å². The molecule has 0 saturated heterocycles. The van der Waals surface area contributed by atoms with Gasteiger partial charge < -0.3 is 24.8 Å². The second-order valence-corrected chi connectivity index (χ2v) is 4.51. The molecule has 4 rings (SSSR count). The van der Waals surface area contributed by atoms with Gasteiger partial charge in [-0.15, -0.1) is 94.3 Å². The third-order valence-corrected chi connectivity index (χ3v) is 3.14. The van der Waals surface area contributed by atoms with Crippen molar-refractivity contribution in [3.63, 3.8) is 0 Å². The zero-order valence-electron chi connectivity index (χ0n) is 13.0. The molecule has 120 valence electrons. The first kappa shape index (κ1) is 22.7. The Morgan fingerprint density at radius 2 is 0.875 bits per heavy atom. The van der Waals surface area contributed by atoms with Crippen molar-refractivity contribution in [1.82, 2.24) is 0 Å². The van der Waals surface area contributed by atoms with Crippen LogP contribution in [-0.4, -0.2) is 4.21 Å². The smallest absolute Gasteiger partial charge is 0.0801 e. The van der Waals surface area contributed by atoms with Crippen molar-refractivity contribution in [2.75, 3.05) is 0 Å². The maximum atomic E-state index is 3.34. The van der Waals surface area contributed by atoms with E-state index in [0.29, 0.717) is 0 Å². The number of hydrogen-bond acceptors (Lipinski definition) is 0. The van der Waals surface area contributed by atoms with E-state index >= 15 is 0 Å². The minimum absolute atomic E-state index is 0. The molecule has 0 unspecified atom stereocenters. The van der Waals surface area contributed by atoms with Crippen LogP contribution in [0.1, 0.15) is 0 Å². The molecule has 0 aromatic heterocycles. The third kappa shape index (κ3) is 6.69. The molecular weight excluding hydrogens is 414 g/mol. The standard InChI is InChI=1S/2C10H7.CH2.2ClH.Zr/c2*1-2-6-10-8-4-3-7-9(10)5-1;;;;/h2*1-7H;1H2;2*1H;/q2*-1;;;;+2/p-2. The molecule has 4 aromatic carbocycles. The summed E-state index contributed by atoms with van der Waals surface area (Å²) in [6.07, 6.45) is 0. The third-order valence-electron chi connectivity index (χ3n) is 3.14. The van der Waals surface area contributed by atoms with Crippen LogP contribution in [-0.2, 0) is 24.2 Å². The molecule has 0 nitrogen and oxygen atoms in total. The number of fused-ring (bicyclic) bond motifs is 2. The molecule has 0 aliphatic carbocycles. The molecule has 0 N–H and O–H groups in total. The van der Waals surface area contributed by atoms with Gasteiger partial charge in [-0.2, -0.15) is 0 Å². The molecular formula is C21H16Cl2Zr-2. The number of rotatable bonds is 0. The fourth-order valence-electron chi connectivity index (χ4n) is 2.13. The summed E-state index contributed by atoms with van der Waals surface area (Å²) in [6, 6.07) is 34.8. The van der Waals surface area contributed by atoms with Crippen molar-refractivity contribution in [2.45, 2.75) is 0 Å². The first-order chi connectivity index (χ1) is 10.9. The molecule has 0 radical (unpaired) electrons. The Morgan fingerprint density at radius 3 is 1.25 bits per heavy atom. The second kappa shape index (κ2) is 13.1. The number of halogens is 2. The van der Waals surface area contributed by atoms with Gasteiger partial charge in [-0.05, 0) is 0 Å². The Hall–Kier alpha value is -1.27. The Balaban J connectivity index is 0.000000372. The summed E-state index contributed by atoms with van der Waals surface area (Å²) in [4.78, 5) is 0. The molecule has 0 heterocycles. The van der Waals surface area contributed by atoms with Crippen LogP contribution >= 0.6 is 0 Å². The Morgan fingerprint density at radius 1 is 0.542 bits per heavy atom.